The van der Waals surface area contributed by atoms with E-state index >= 15 is 0 Å². The van der Waals surface area contributed by atoms with Crippen molar-refractivity contribution in [1.29, 1.82) is 0 Å². The summed E-state index contributed by atoms with van der Waals surface area (Å²) in [6.07, 6.45) is -5.70. The fraction of sp³-hybridized carbons (Fsp3) is 0.632. The van der Waals surface area contributed by atoms with E-state index in [1.54, 1.807) is 41.5 Å². The second-order valence-electron chi connectivity index (χ2n) is 8.31. The minimum absolute atomic E-state index is 0.154. The van der Waals surface area contributed by atoms with E-state index in [0.717, 1.165) is 20.5 Å². The number of aliphatic hydroxyl groups is 1. The van der Waals surface area contributed by atoms with Crippen molar-refractivity contribution >= 4 is 27.8 Å². The Labute approximate surface area is 180 Å². The Morgan fingerprint density at radius 1 is 1.26 bits per heavy atom. The number of hydrogen-bond acceptors (Lipinski definition) is 7. The fourth-order valence-electron chi connectivity index (χ4n) is 2.92. The maximum atomic E-state index is 12.9. The van der Waals surface area contributed by atoms with Crippen LogP contribution in [0.25, 0.3) is 10.2 Å². The lowest BCUT2D eigenvalue weighted by atomic mass is 10.2. The van der Waals surface area contributed by atoms with Crippen LogP contribution in [-0.2, 0) is 11.3 Å². The number of hydrazone groups is 1. The molecule has 0 saturated carbocycles. The molecule has 8 nitrogen and oxygen atoms in total. The van der Waals surface area contributed by atoms with Gasteiger partial charge in [-0.2, -0.15) is 18.3 Å². The highest BCUT2D eigenvalue weighted by Crippen LogP contribution is 2.28. The van der Waals surface area contributed by atoms with Gasteiger partial charge in [0.25, 0.3) is 12.0 Å². The Hall–Kier alpha value is -2.18. The third-order valence-electron chi connectivity index (χ3n) is 4.25. The van der Waals surface area contributed by atoms with Gasteiger partial charge in [0.1, 0.15) is 4.83 Å². The van der Waals surface area contributed by atoms with Crippen molar-refractivity contribution in [3.05, 3.63) is 31.3 Å². The first-order chi connectivity index (χ1) is 14.1. The molecule has 12 heteroatoms. The number of aliphatic hydroxyl groups excluding tert-OH is 1. The second kappa shape index (κ2) is 9.13. The van der Waals surface area contributed by atoms with Crippen LogP contribution in [-0.4, -0.2) is 38.6 Å². The number of aryl methyl sites for hydroxylation is 2. The van der Waals surface area contributed by atoms with Crippen LogP contribution in [0.5, 0.6) is 0 Å². The number of hydrogen-bond donors (Lipinski definition) is 2. The first-order valence-corrected chi connectivity index (χ1v) is 10.4. The molecule has 2 aromatic rings. The molecular formula is C19H27F3N4O4S. The van der Waals surface area contributed by atoms with Crippen LogP contribution in [0.1, 0.15) is 57.5 Å². The Morgan fingerprint density at radius 3 is 2.39 bits per heavy atom. The number of alkyl halides is 3. The number of nitrogens with zero attached hydrogens (tertiary/aromatic N) is 3. The Kier molecular flexibility index (Phi) is 7.39. The van der Waals surface area contributed by atoms with Crippen LogP contribution in [0.15, 0.2) is 14.7 Å². The van der Waals surface area contributed by atoms with Gasteiger partial charge in [0, 0.05) is 12.6 Å². The number of halogens is 3. The maximum Gasteiger partial charge on any atom is 0.390 e. The molecule has 0 amide bonds. The van der Waals surface area contributed by atoms with E-state index in [1.807, 2.05) is 0 Å². The van der Waals surface area contributed by atoms with Crippen LogP contribution in [0.4, 0.5) is 13.2 Å². The van der Waals surface area contributed by atoms with Crippen molar-refractivity contribution in [2.75, 3.05) is 0 Å². The van der Waals surface area contributed by atoms with Crippen LogP contribution in [0, 0.1) is 6.92 Å². The molecule has 0 fully saturated rings. The molecule has 0 aromatic carbocycles. The molecular weight excluding hydrogens is 437 g/mol. The molecule has 1 atom stereocenters. The van der Waals surface area contributed by atoms with Gasteiger partial charge >= 0.3 is 11.9 Å². The maximum absolute atomic E-state index is 12.9. The predicted molar refractivity (Wildman–Crippen MR) is 114 cm³/mol. The molecule has 0 spiro atoms. The van der Waals surface area contributed by atoms with E-state index < -0.39 is 48.4 Å². The van der Waals surface area contributed by atoms with Gasteiger partial charge in [-0.15, -0.1) is 11.3 Å². The number of nitrogens with one attached hydrogen (secondary N) is 1. The minimum Gasteiger partial charge on any atom is -0.350 e. The van der Waals surface area contributed by atoms with Gasteiger partial charge in [0.2, 0.25) is 0 Å². The number of aromatic nitrogens is 2. The summed E-state index contributed by atoms with van der Waals surface area (Å²) in [5.74, 6) is 0. The molecule has 2 rings (SSSR count). The molecule has 31 heavy (non-hydrogen) atoms. The number of rotatable bonds is 7. The van der Waals surface area contributed by atoms with Gasteiger partial charge in [-0.25, -0.2) is 4.79 Å². The van der Waals surface area contributed by atoms with E-state index in [1.165, 1.54) is 6.21 Å². The molecule has 174 valence electrons. The largest absolute Gasteiger partial charge is 0.390 e. The standard InChI is InChI=1S/C19H27F3N4O4S/c1-10(2)26-14(27)13-11(3)12(9-23-24-16(28)30-18(4,5)6)31-15(13)25(17(26)29)8-7-19(20,21)22/h9-10,16,24,28H,7-8H2,1-6H3/b23-9+. The zero-order valence-corrected chi connectivity index (χ0v) is 19.0. The van der Waals surface area contributed by atoms with Crippen molar-refractivity contribution < 1.29 is 23.0 Å². The lowest BCUT2D eigenvalue weighted by Gasteiger charge is -2.23. The van der Waals surface area contributed by atoms with Gasteiger partial charge in [0.15, 0.2) is 0 Å². The lowest BCUT2D eigenvalue weighted by Crippen LogP contribution is -2.41. The van der Waals surface area contributed by atoms with Gasteiger partial charge < -0.3 is 9.84 Å². The van der Waals surface area contributed by atoms with Crippen LogP contribution >= 0.6 is 11.3 Å². The van der Waals surface area contributed by atoms with Crippen LogP contribution in [0.3, 0.4) is 0 Å². The molecule has 2 N–H and O–H groups in total. The van der Waals surface area contributed by atoms with Crippen LogP contribution in [0.2, 0.25) is 0 Å². The van der Waals surface area contributed by atoms with Gasteiger partial charge in [-0.05, 0) is 47.1 Å². The molecule has 2 heterocycles. The summed E-state index contributed by atoms with van der Waals surface area (Å²) < 4.78 is 45.6. The van der Waals surface area contributed by atoms with Crippen molar-refractivity contribution in [3.8, 4) is 0 Å². The molecule has 0 aliphatic carbocycles. The first-order valence-electron chi connectivity index (χ1n) is 9.62. The van der Waals surface area contributed by atoms with Crippen LogP contribution < -0.4 is 16.7 Å². The third-order valence-corrected chi connectivity index (χ3v) is 5.50. The van der Waals surface area contributed by atoms with E-state index in [4.69, 9.17) is 4.74 Å². The molecule has 0 aliphatic rings. The van der Waals surface area contributed by atoms with Gasteiger partial charge in [-0.3, -0.25) is 19.4 Å². The SMILES string of the molecule is Cc1c(/C=N/NC(O)OC(C)(C)C)sc2c1c(=O)n(C(C)C)c(=O)n2CCC(F)(F)F. The summed E-state index contributed by atoms with van der Waals surface area (Å²) in [5, 5.41) is 13.9. The quantitative estimate of drug-likeness (QED) is 0.373. The van der Waals surface area contributed by atoms with E-state index in [0.29, 0.717) is 10.4 Å². The fourth-order valence-corrected chi connectivity index (χ4v) is 4.11. The summed E-state index contributed by atoms with van der Waals surface area (Å²) in [6, 6.07) is -0.524. The average Bonchev–Trinajstić information content (AvgIpc) is 2.88. The molecule has 0 radical (unpaired) electrons. The average molecular weight is 465 g/mol. The minimum atomic E-state index is -4.45. The zero-order valence-electron chi connectivity index (χ0n) is 18.2. The third kappa shape index (κ3) is 6.17. The Balaban J connectivity index is 2.54. The monoisotopic (exact) mass is 464 g/mol. The highest BCUT2D eigenvalue weighted by molar-refractivity contribution is 7.20. The van der Waals surface area contributed by atoms with Crippen molar-refractivity contribution in [3.63, 3.8) is 0 Å². The lowest BCUT2D eigenvalue weighted by molar-refractivity contribution is -0.181. The summed E-state index contributed by atoms with van der Waals surface area (Å²) in [6.45, 7) is 9.51. The molecule has 0 bridgehead atoms. The normalized spacial score (nSPS) is 14.2. The van der Waals surface area contributed by atoms with Crippen molar-refractivity contribution in [2.45, 2.75) is 78.7 Å². The first kappa shape index (κ1) is 25.1. The van der Waals surface area contributed by atoms with E-state index in [9.17, 15) is 27.9 Å². The highest BCUT2D eigenvalue weighted by Gasteiger charge is 2.29. The van der Waals surface area contributed by atoms with E-state index in [2.05, 4.69) is 10.5 Å². The summed E-state index contributed by atoms with van der Waals surface area (Å²) in [4.78, 5) is 26.3. The molecule has 1 unspecified atom stereocenters. The zero-order chi connectivity index (χ0) is 23.7. The van der Waals surface area contributed by atoms with E-state index in [-0.39, 0.29) is 10.2 Å². The summed E-state index contributed by atoms with van der Waals surface area (Å²) in [5.41, 5.74) is 0.904. The number of fused-ring (bicyclic) bond motifs is 1. The van der Waals surface area contributed by atoms with Crippen molar-refractivity contribution in [2.24, 2.45) is 5.10 Å². The smallest absolute Gasteiger partial charge is 0.350 e. The highest BCUT2D eigenvalue weighted by atomic mass is 32.1. The Morgan fingerprint density at radius 2 is 1.87 bits per heavy atom. The second-order valence-corrected chi connectivity index (χ2v) is 9.34. The molecule has 0 saturated heterocycles. The molecule has 0 aliphatic heterocycles. The van der Waals surface area contributed by atoms with Gasteiger partial charge in [-0.1, -0.05) is 0 Å². The van der Waals surface area contributed by atoms with Crippen molar-refractivity contribution in [1.82, 2.24) is 14.6 Å². The molecule has 2 aromatic heterocycles. The number of ether oxygens (including phenoxy) is 1. The Bertz CT molecular complexity index is 1080. The predicted octanol–water partition coefficient (Wildman–Crippen LogP) is 3.08. The topological polar surface area (TPSA) is 97.9 Å². The summed E-state index contributed by atoms with van der Waals surface area (Å²) >= 11 is 0.985. The van der Waals surface area contributed by atoms with Gasteiger partial charge in [0.05, 0.1) is 28.5 Å². The number of thiophene rings is 1. The summed E-state index contributed by atoms with van der Waals surface area (Å²) in [7, 11) is 0.